The van der Waals surface area contributed by atoms with E-state index in [2.05, 4.69) is 19.2 Å². The van der Waals surface area contributed by atoms with Crippen LogP contribution in [-0.2, 0) is 0 Å². The minimum absolute atomic E-state index is 0.156. The molecule has 2 fully saturated rings. The molecule has 0 aromatic rings. The highest BCUT2D eigenvalue weighted by molar-refractivity contribution is 5.76. The maximum absolute atomic E-state index is 11.5. The molecule has 2 amide bonds. The van der Waals surface area contributed by atoms with Gasteiger partial charge >= 0.3 is 6.03 Å². The lowest BCUT2D eigenvalue weighted by Gasteiger charge is -2.35. The Bertz CT molecular complexity index is 232. The fourth-order valence-corrected chi connectivity index (χ4v) is 2.91. The van der Waals surface area contributed by atoms with E-state index < -0.39 is 0 Å². The predicted octanol–water partition coefficient (Wildman–Crippen LogP) is 2.23. The van der Waals surface area contributed by atoms with Gasteiger partial charge in [-0.2, -0.15) is 0 Å². The number of nitrogens with zero attached hydrogens (tertiary/aromatic N) is 1. The molecule has 0 aromatic carbocycles. The van der Waals surface area contributed by atoms with Crippen LogP contribution in [0.1, 0.15) is 39.5 Å². The molecule has 1 aliphatic carbocycles. The summed E-state index contributed by atoms with van der Waals surface area (Å²) >= 11 is 0. The molecule has 0 atom stereocenters. The van der Waals surface area contributed by atoms with Gasteiger partial charge in [0.25, 0.3) is 0 Å². The predicted molar refractivity (Wildman–Crippen MR) is 60.7 cm³/mol. The molecule has 1 saturated heterocycles. The SMILES string of the molecule is CC(C)C1CCC(N2CCNC2=O)CC1. The zero-order valence-corrected chi connectivity index (χ0v) is 9.83. The molecule has 86 valence electrons. The Balaban J connectivity index is 1.85. The first kappa shape index (κ1) is 10.8. The van der Waals surface area contributed by atoms with Gasteiger partial charge in [0, 0.05) is 19.1 Å². The fraction of sp³-hybridized carbons (Fsp3) is 0.917. The van der Waals surface area contributed by atoms with Crippen molar-refractivity contribution in [1.29, 1.82) is 0 Å². The van der Waals surface area contributed by atoms with E-state index >= 15 is 0 Å². The van der Waals surface area contributed by atoms with Gasteiger partial charge in [-0.05, 0) is 37.5 Å². The van der Waals surface area contributed by atoms with Gasteiger partial charge in [-0.15, -0.1) is 0 Å². The number of amides is 2. The van der Waals surface area contributed by atoms with Crippen molar-refractivity contribution in [3.05, 3.63) is 0 Å². The molecule has 2 rings (SSSR count). The quantitative estimate of drug-likeness (QED) is 0.744. The Morgan fingerprint density at radius 1 is 1.27 bits per heavy atom. The first-order chi connectivity index (χ1) is 7.18. The van der Waals surface area contributed by atoms with E-state index in [4.69, 9.17) is 0 Å². The summed E-state index contributed by atoms with van der Waals surface area (Å²) in [7, 11) is 0. The van der Waals surface area contributed by atoms with Gasteiger partial charge in [-0.25, -0.2) is 4.79 Å². The first-order valence-corrected chi connectivity index (χ1v) is 6.23. The lowest BCUT2D eigenvalue weighted by atomic mass is 9.79. The summed E-state index contributed by atoms with van der Waals surface area (Å²) in [5, 5.41) is 2.89. The Morgan fingerprint density at radius 3 is 2.40 bits per heavy atom. The lowest BCUT2D eigenvalue weighted by molar-refractivity contribution is 0.152. The van der Waals surface area contributed by atoms with Crippen molar-refractivity contribution in [3.8, 4) is 0 Å². The van der Waals surface area contributed by atoms with Gasteiger partial charge in [0.15, 0.2) is 0 Å². The zero-order chi connectivity index (χ0) is 10.8. The highest BCUT2D eigenvalue weighted by Gasteiger charge is 2.31. The molecule has 1 saturated carbocycles. The number of carbonyl (C=O) groups excluding carboxylic acids is 1. The highest BCUT2D eigenvalue weighted by Crippen LogP contribution is 2.32. The fourth-order valence-electron chi connectivity index (χ4n) is 2.91. The lowest BCUT2D eigenvalue weighted by Crippen LogP contribution is -2.40. The number of nitrogens with one attached hydrogen (secondary N) is 1. The number of hydrogen-bond acceptors (Lipinski definition) is 1. The molecule has 3 heteroatoms. The molecular formula is C12H22N2O. The summed E-state index contributed by atoms with van der Waals surface area (Å²) in [5.41, 5.74) is 0. The third kappa shape index (κ3) is 2.27. The molecule has 0 unspecified atom stereocenters. The van der Waals surface area contributed by atoms with Crippen LogP contribution in [0.3, 0.4) is 0 Å². The molecule has 1 N–H and O–H groups in total. The van der Waals surface area contributed by atoms with Crippen molar-refractivity contribution in [2.45, 2.75) is 45.6 Å². The van der Waals surface area contributed by atoms with Crippen LogP contribution in [0.25, 0.3) is 0 Å². The molecule has 0 radical (unpaired) electrons. The van der Waals surface area contributed by atoms with Crippen LogP contribution in [0.5, 0.6) is 0 Å². The molecule has 0 bridgehead atoms. The van der Waals surface area contributed by atoms with E-state index in [0.29, 0.717) is 6.04 Å². The molecular weight excluding hydrogens is 188 g/mol. The summed E-state index contributed by atoms with van der Waals surface area (Å²) in [6.07, 6.45) is 5.00. The number of hydrogen-bond donors (Lipinski definition) is 1. The molecule has 3 nitrogen and oxygen atoms in total. The second-order valence-corrected chi connectivity index (χ2v) is 5.24. The van der Waals surface area contributed by atoms with Gasteiger partial charge in [-0.1, -0.05) is 13.8 Å². The molecule has 2 aliphatic rings. The van der Waals surface area contributed by atoms with Crippen LogP contribution in [0.15, 0.2) is 0 Å². The molecule has 0 spiro atoms. The standard InChI is InChI=1S/C12H22N2O/c1-9(2)10-3-5-11(6-4-10)14-8-7-13-12(14)15/h9-11H,3-8H2,1-2H3,(H,13,15). The number of urea groups is 1. The Kier molecular flexibility index (Phi) is 3.17. The van der Waals surface area contributed by atoms with E-state index in [-0.39, 0.29) is 6.03 Å². The minimum Gasteiger partial charge on any atom is -0.336 e. The highest BCUT2D eigenvalue weighted by atomic mass is 16.2. The monoisotopic (exact) mass is 210 g/mol. The van der Waals surface area contributed by atoms with Crippen molar-refractivity contribution in [3.63, 3.8) is 0 Å². The van der Waals surface area contributed by atoms with E-state index in [1.54, 1.807) is 0 Å². The summed E-state index contributed by atoms with van der Waals surface area (Å²) in [5.74, 6) is 1.69. The van der Waals surface area contributed by atoms with Crippen molar-refractivity contribution in [2.24, 2.45) is 11.8 Å². The second-order valence-electron chi connectivity index (χ2n) is 5.24. The van der Waals surface area contributed by atoms with Gasteiger partial charge < -0.3 is 10.2 Å². The summed E-state index contributed by atoms with van der Waals surface area (Å²) < 4.78 is 0. The van der Waals surface area contributed by atoms with Crippen LogP contribution < -0.4 is 5.32 Å². The minimum atomic E-state index is 0.156. The second kappa shape index (κ2) is 4.42. The van der Waals surface area contributed by atoms with Gasteiger partial charge in [0.1, 0.15) is 0 Å². The third-order valence-electron chi connectivity index (χ3n) is 4.01. The van der Waals surface area contributed by atoms with Crippen LogP contribution in [0, 0.1) is 11.8 Å². The molecule has 15 heavy (non-hydrogen) atoms. The average Bonchev–Trinajstić information content (AvgIpc) is 2.65. The molecule has 1 heterocycles. The van der Waals surface area contributed by atoms with E-state index in [9.17, 15) is 4.79 Å². The Hall–Kier alpha value is -0.730. The van der Waals surface area contributed by atoms with E-state index in [0.717, 1.165) is 24.9 Å². The smallest absolute Gasteiger partial charge is 0.317 e. The number of rotatable bonds is 2. The van der Waals surface area contributed by atoms with Gasteiger partial charge in [0.2, 0.25) is 0 Å². The normalized spacial score (nSPS) is 32.2. The summed E-state index contributed by atoms with van der Waals surface area (Å²) in [4.78, 5) is 13.5. The molecule has 1 aliphatic heterocycles. The van der Waals surface area contributed by atoms with Crippen LogP contribution >= 0.6 is 0 Å². The van der Waals surface area contributed by atoms with E-state index in [1.807, 2.05) is 4.90 Å². The van der Waals surface area contributed by atoms with Crippen LogP contribution in [0.2, 0.25) is 0 Å². The Labute approximate surface area is 92.2 Å². The summed E-state index contributed by atoms with van der Waals surface area (Å²) in [6, 6.07) is 0.672. The van der Waals surface area contributed by atoms with Crippen LogP contribution in [-0.4, -0.2) is 30.1 Å². The van der Waals surface area contributed by atoms with Crippen molar-refractivity contribution in [2.75, 3.05) is 13.1 Å². The molecule has 0 aromatic heterocycles. The van der Waals surface area contributed by atoms with Crippen LogP contribution in [0.4, 0.5) is 4.79 Å². The maximum Gasteiger partial charge on any atom is 0.317 e. The van der Waals surface area contributed by atoms with Gasteiger partial charge in [0.05, 0.1) is 0 Å². The van der Waals surface area contributed by atoms with E-state index in [1.165, 1.54) is 25.7 Å². The van der Waals surface area contributed by atoms with Crippen molar-refractivity contribution < 1.29 is 4.79 Å². The van der Waals surface area contributed by atoms with Crippen molar-refractivity contribution in [1.82, 2.24) is 10.2 Å². The van der Waals surface area contributed by atoms with Crippen molar-refractivity contribution >= 4 is 6.03 Å². The largest absolute Gasteiger partial charge is 0.336 e. The van der Waals surface area contributed by atoms with Gasteiger partial charge in [-0.3, -0.25) is 0 Å². The Morgan fingerprint density at radius 2 is 1.93 bits per heavy atom. The average molecular weight is 210 g/mol. The third-order valence-corrected chi connectivity index (χ3v) is 4.01. The summed E-state index contributed by atoms with van der Waals surface area (Å²) in [6.45, 7) is 6.37. The topological polar surface area (TPSA) is 32.3 Å². The number of carbonyl (C=O) groups is 1. The zero-order valence-electron chi connectivity index (χ0n) is 9.83. The first-order valence-electron chi connectivity index (χ1n) is 6.23. The maximum atomic E-state index is 11.5.